The Hall–Kier alpha value is -2.09. The average Bonchev–Trinajstić information content (AvgIpc) is 3.14. The predicted octanol–water partition coefficient (Wildman–Crippen LogP) is 3.27. The summed E-state index contributed by atoms with van der Waals surface area (Å²) in [6.07, 6.45) is 1.91. The van der Waals surface area contributed by atoms with E-state index in [-0.39, 0.29) is 17.2 Å². The fourth-order valence-electron chi connectivity index (χ4n) is 2.65. The van der Waals surface area contributed by atoms with Gasteiger partial charge in [-0.05, 0) is 43.7 Å². The highest BCUT2D eigenvalue weighted by molar-refractivity contribution is 7.89. The summed E-state index contributed by atoms with van der Waals surface area (Å²) >= 11 is 5.90. The van der Waals surface area contributed by atoms with Crippen molar-refractivity contribution in [2.24, 2.45) is 0 Å². The number of aromatic nitrogens is 2. The summed E-state index contributed by atoms with van der Waals surface area (Å²) in [6, 6.07) is 11.3. The predicted molar refractivity (Wildman–Crippen MR) is 95.0 cm³/mol. The van der Waals surface area contributed by atoms with Crippen LogP contribution in [0.1, 0.15) is 22.7 Å². The van der Waals surface area contributed by atoms with Gasteiger partial charge in [0.15, 0.2) is 5.76 Å². The number of rotatable bonds is 6. The third-order valence-electron chi connectivity index (χ3n) is 3.87. The first-order valence-electron chi connectivity index (χ1n) is 7.68. The number of aryl methyl sites for hydroxylation is 2. The molecule has 0 amide bonds. The van der Waals surface area contributed by atoms with Crippen molar-refractivity contribution in [1.29, 1.82) is 0 Å². The molecule has 0 atom stereocenters. The zero-order valence-corrected chi connectivity index (χ0v) is 15.4. The molecule has 1 N–H and O–H groups in total. The lowest BCUT2D eigenvalue weighted by atomic mass is 10.2. The highest BCUT2D eigenvalue weighted by Gasteiger charge is 2.24. The van der Waals surface area contributed by atoms with Gasteiger partial charge in [-0.15, -0.1) is 0 Å². The summed E-state index contributed by atoms with van der Waals surface area (Å²) in [6.45, 7) is 3.99. The maximum absolute atomic E-state index is 12.5. The van der Waals surface area contributed by atoms with Crippen LogP contribution in [0.5, 0.6) is 0 Å². The number of sulfonamides is 1. The van der Waals surface area contributed by atoms with Gasteiger partial charge in [-0.25, -0.2) is 13.1 Å². The van der Waals surface area contributed by atoms with Gasteiger partial charge in [0.25, 0.3) is 0 Å². The van der Waals surface area contributed by atoms with E-state index >= 15 is 0 Å². The summed E-state index contributed by atoms with van der Waals surface area (Å²) in [7, 11) is -3.69. The molecule has 0 aliphatic rings. The third-order valence-corrected chi connectivity index (χ3v) is 5.77. The molecule has 1 aromatic carbocycles. The van der Waals surface area contributed by atoms with Crippen LogP contribution in [-0.2, 0) is 23.1 Å². The first kappa shape index (κ1) is 17.7. The molecule has 0 unspecified atom stereocenters. The van der Waals surface area contributed by atoms with Crippen molar-refractivity contribution >= 4 is 21.6 Å². The molecule has 0 spiro atoms. The Labute approximate surface area is 151 Å². The first-order valence-corrected chi connectivity index (χ1v) is 9.54. The summed E-state index contributed by atoms with van der Waals surface area (Å²) < 4.78 is 34.5. The van der Waals surface area contributed by atoms with Crippen molar-refractivity contribution in [3.63, 3.8) is 0 Å². The summed E-state index contributed by atoms with van der Waals surface area (Å²) in [5.74, 6) is 0.279. The Morgan fingerprint density at radius 2 is 1.92 bits per heavy atom. The number of benzene rings is 1. The Morgan fingerprint density at radius 1 is 1.20 bits per heavy atom. The van der Waals surface area contributed by atoms with E-state index in [9.17, 15) is 8.42 Å². The minimum absolute atomic E-state index is 0.100. The zero-order valence-electron chi connectivity index (χ0n) is 13.9. The average molecular weight is 380 g/mol. The highest BCUT2D eigenvalue weighted by atomic mass is 35.5. The monoisotopic (exact) mass is 379 g/mol. The number of nitrogens with one attached hydrogen (secondary N) is 1. The molecule has 0 saturated carbocycles. The molecule has 0 saturated heterocycles. The first-order chi connectivity index (χ1) is 11.9. The molecule has 3 rings (SSSR count). The minimum Gasteiger partial charge on any atom is -0.360 e. The van der Waals surface area contributed by atoms with Gasteiger partial charge >= 0.3 is 0 Å². The van der Waals surface area contributed by atoms with Gasteiger partial charge in [0.1, 0.15) is 10.6 Å². The SMILES string of the molecule is Cc1noc(C)c1S(=O)(=O)NCc1cccn1Cc1ccc(Cl)cc1. The van der Waals surface area contributed by atoms with Crippen molar-refractivity contribution in [1.82, 2.24) is 14.4 Å². The topological polar surface area (TPSA) is 77.1 Å². The van der Waals surface area contributed by atoms with Crippen LogP contribution in [-0.4, -0.2) is 18.1 Å². The molecule has 2 heterocycles. The molecule has 6 nitrogen and oxygen atoms in total. The fraction of sp³-hybridized carbons (Fsp3) is 0.235. The number of nitrogens with zero attached hydrogens (tertiary/aromatic N) is 2. The van der Waals surface area contributed by atoms with Crippen molar-refractivity contribution < 1.29 is 12.9 Å². The molecule has 0 radical (unpaired) electrons. The quantitative estimate of drug-likeness (QED) is 0.713. The van der Waals surface area contributed by atoms with Crippen molar-refractivity contribution in [2.45, 2.75) is 31.8 Å². The van der Waals surface area contributed by atoms with Crippen molar-refractivity contribution in [3.8, 4) is 0 Å². The van der Waals surface area contributed by atoms with E-state index in [2.05, 4.69) is 9.88 Å². The standard InChI is InChI=1S/C17H18ClN3O3S/c1-12-17(13(2)24-20-12)25(22,23)19-10-16-4-3-9-21(16)11-14-5-7-15(18)8-6-14/h3-9,19H,10-11H2,1-2H3. The Morgan fingerprint density at radius 3 is 2.56 bits per heavy atom. The lowest BCUT2D eigenvalue weighted by Gasteiger charge is -2.11. The second-order valence-corrected chi connectivity index (χ2v) is 7.87. The molecule has 0 bridgehead atoms. The Bertz CT molecular complexity index is 955. The van der Waals surface area contributed by atoms with E-state index in [4.69, 9.17) is 16.1 Å². The van der Waals surface area contributed by atoms with Gasteiger partial charge in [0.2, 0.25) is 10.0 Å². The molecule has 2 aromatic heterocycles. The summed E-state index contributed by atoms with van der Waals surface area (Å²) in [5.41, 5.74) is 2.28. The lowest BCUT2D eigenvalue weighted by Crippen LogP contribution is -2.25. The van der Waals surface area contributed by atoms with E-state index < -0.39 is 10.0 Å². The van der Waals surface area contributed by atoms with Gasteiger partial charge in [-0.3, -0.25) is 0 Å². The van der Waals surface area contributed by atoms with Gasteiger partial charge < -0.3 is 9.09 Å². The van der Waals surface area contributed by atoms with E-state index in [1.54, 1.807) is 13.8 Å². The molecular weight excluding hydrogens is 362 g/mol. The van der Waals surface area contributed by atoms with Crippen LogP contribution in [0.3, 0.4) is 0 Å². The van der Waals surface area contributed by atoms with Crippen LogP contribution in [0, 0.1) is 13.8 Å². The van der Waals surface area contributed by atoms with E-state index in [0.29, 0.717) is 17.3 Å². The van der Waals surface area contributed by atoms with E-state index in [0.717, 1.165) is 11.3 Å². The molecule has 8 heteroatoms. The zero-order chi connectivity index (χ0) is 18.0. The van der Waals surface area contributed by atoms with Gasteiger partial charge in [-0.1, -0.05) is 28.9 Å². The van der Waals surface area contributed by atoms with Crippen molar-refractivity contribution in [2.75, 3.05) is 0 Å². The molecule has 25 heavy (non-hydrogen) atoms. The van der Waals surface area contributed by atoms with Crippen LogP contribution in [0.2, 0.25) is 5.02 Å². The van der Waals surface area contributed by atoms with Crippen LogP contribution in [0.4, 0.5) is 0 Å². The molecule has 0 aliphatic carbocycles. The largest absolute Gasteiger partial charge is 0.360 e. The molecule has 0 aliphatic heterocycles. The molecular formula is C17H18ClN3O3S. The van der Waals surface area contributed by atoms with Crippen LogP contribution in [0.15, 0.2) is 52.0 Å². The van der Waals surface area contributed by atoms with Gasteiger partial charge in [-0.2, -0.15) is 0 Å². The van der Waals surface area contributed by atoms with Crippen LogP contribution in [0.25, 0.3) is 0 Å². The second-order valence-electron chi connectivity index (χ2n) is 5.73. The molecule has 3 aromatic rings. The fourth-order valence-corrected chi connectivity index (χ4v) is 4.10. The normalized spacial score (nSPS) is 11.8. The van der Waals surface area contributed by atoms with Crippen LogP contribution < -0.4 is 4.72 Å². The van der Waals surface area contributed by atoms with Gasteiger partial charge in [0, 0.05) is 23.5 Å². The number of hydrogen-bond donors (Lipinski definition) is 1. The molecule has 132 valence electrons. The third kappa shape index (κ3) is 3.95. The van der Waals surface area contributed by atoms with E-state index in [1.165, 1.54) is 0 Å². The smallest absolute Gasteiger partial charge is 0.246 e. The number of halogens is 1. The molecule has 0 fully saturated rings. The van der Waals surface area contributed by atoms with Crippen LogP contribution >= 0.6 is 11.6 Å². The summed E-state index contributed by atoms with van der Waals surface area (Å²) in [4.78, 5) is 0.100. The maximum atomic E-state index is 12.5. The second kappa shape index (κ2) is 7.03. The minimum atomic E-state index is -3.69. The highest BCUT2D eigenvalue weighted by Crippen LogP contribution is 2.19. The summed E-state index contributed by atoms with van der Waals surface area (Å²) in [5, 5.41) is 4.38. The lowest BCUT2D eigenvalue weighted by molar-refractivity contribution is 0.390. The van der Waals surface area contributed by atoms with Gasteiger partial charge in [0.05, 0.1) is 6.54 Å². The van der Waals surface area contributed by atoms with E-state index in [1.807, 2.05) is 47.2 Å². The van der Waals surface area contributed by atoms with Crippen molar-refractivity contribution in [3.05, 3.63) is 70.3 Å². The number of hydrogen-bond acceptors (Lipinski definition) is 4. The maximum Gasteiger partial charge on any atom is 0.246 e. The Kier molecular flexibility index (Phi) is 4.99. The Balaban J connectivity index is 1.74.